The highest BCUT2D eigenvalue weighted by molar-refractivity contribution is 7.00. The van der Waals surface area contributed by atoms with Crippen LogP contribution in [-0.4, -0.2) is 13.1 Å². The molecule has 2 aliphatic heterocycles. The fraction of sp³-hybridized carbons (Fsp3) is 0.0256. The Morgan fingerprint density at radius 2 is 0.935 bits per heavy atom. The summed E-state index contributed by atoms with van der Waals surface area (Å²) < 4.78 is 46.7. The maximum atomic E-state index is 14.0. The number of para-hydroxylation sites is 2. The number of hydrogen-bond acceptors (Lipinski definition) is 3. The van der Waals surface area contributed by atoms with Crippen LogP contribution in [0, 0.1) is 0 Å². The zero-order chi connectivity index (χ0) is 31.0. The number of ether oxygens (including phenoxy) is 1. The minimum atomic E-state index is -4.87. The van der Waals surface area contributed by atoms with E-state index < -0.39 is 6.36 Å². The van der Waals surface area contributed by atoms with E-state index in [4.69, 9.17) is 4.74 Å². The lowest BCUT2D eigenvalue weighted by molar-refractivity contribution is -0.274. The Morgan fingerprint density at radius 1 is 0.500 bits per heavy atom. The third kappa shape index (κ3) is 4.01. The Morgan fingerprint density at radius 3 is 1.39 bits per heavy atom. The molecule has 0 aromatic heterocycles. The van der Waals surface area contributed by atoms with Crippen LogP contribution >= 0.6 is 0 Å². The van der Waals surface area contributed by atoms with E-state index in [2.05, 4.69) is 58.3 Å². The maximum Gasteiger partial charge on any atom is 0.573 e. The minimum absolute atomic E-state index is 0.246. The first kappa shape index (κ1) is 26.7. The molecule has 0 saturated heterocycles. The molecule has 0 amide bonds. The van der Waals surface area contributed by atoms with Gasteiger partial charge in [0.25, 0.3) is 6.71 Å². The second-order valence-corrected chi connectivity index (χ2v) is 11.6. The second kappa shape index (κ2) is 9.91. The summed E-state index contributed by atoms with van der Waals surface area (Å²) in [7, 11) is 0. The van der Waals surface area contributed by atoms with Gasteiger partial charge < -0.3 is 14.5 Å². The van der Waals surface area contributed by atoms with Gasteiger partial charge in [0.2, 0.25) is 0 Å². The Labute approximate surface area is 263 Å². The van der Waals surface area contributed by atoms with Crippen molar-refractivity contribution in [3.63, 3.8) is 0 Å². The summed E-state index contributed by atoms with van der Waals surface area (Å²) in [4.78, 5) is 4.21. The van der Waals surface area contributed by atoms with E-state index in [1.165, 1.54) is 0 Å². The molecular formula is C39H24BF3N2O. The van der Waals surface area contributed by atoms with Gasteiger partial charge in [-0.25, -0.2) is 0 Å². The first-order chi connectivity index (χ1) is 22.5. The molecule has 2 aliphatic rings. The minimum Gasteiger partial charge on any atom is -0.406 e. The molecule has 0 N–H and O–H groups in total. The lowest BCUT2D eigenvalue weighted by Gasteiger charge is -2.45. The van der Waals surface area contributed by atoms with Crippen LogP contribution in [0.1, 0.15) is 0 Å². The molecule has 9 rings (SSSR count). The van der Waals surface area contributed by atoms with Gasteiger partial charge in [0.15, 0.2) is 0 Å². The lowest BCUT2D eigenvalue weighted by atomic mass is 9.33. The van der Waals surface area contributed by atoms with Gasteiger partial charge in [-0.1, -0.05) is 109 Å². The molecule has 2 heterocycles. The number of alkyl halides is 3. The van der Waals surface area contributed by atoms with Crippen molar-refractivity contribution in [2.45, 2.75) is 6.36 Å². The number of fused-ring (bicyclic) bond motifs is 8. The highest BCUT2D eigenvalue weighted by atomic mass is 19.4. The Kier molecular flexibility index (Phi) is 5.75. The van der Waals surface area contributed by atoms with Crippen molar-refractivity contribution in [3.05, 3.63) is 146 Å². The molecule has 0 radical (unpaired) electrons. The number of nitrogens with zero attached hydrogens (tertiary/aromatic N) is 2. The molecule has 0 fully saturated rings. The first-order valence-corrected chi connectivity index (χ1v) is 15.1. The van der Waals surface area contributed by atoms with E-state index in [-0.39, 0.29) is 12.5 Å². The van der Waals surface area contributed by atoms with Crippen LogP contribution in [0.15, 0.2) is 146 Å². The summed E-state index contributed by atoms with van der Waals surface area (Å²) in [6.07, 6.45) is -4.87. The van der Waals surface area contributed by atoms with Gasteiger partial charge in [-0.15, -0.1) is 13.2 Å². The van der Waals surface area contributed by atoms with Gasteiger partial charge in [0.05, 0.1) is 0 Å². The molecule has 0 aliphatic carbocycles. The van der Waals surface area contributed by atoms with Crippen LogP contribution in [0.25, 0.3) is 21.5 Å². The van der Waals surface area contributed by atoms with Crippen molar-refractivity contribution in [3.8, 4) is 5.75 Å². The monoisotopic (exact) mass is 604 g/mol. The smallest absolute Gasteiger partial charge is 0.406 e. The summed E-state index contributed by atoms with van der Waals surface area (Å²) >= 11 is 0. The van der Waals surface area contributed by atoms with Gasteiger partial charge in [0, 0.05) is 57.0 Å². The second-order valence-electron chi connectivity index (χ2n) is 11.6. The highest BCUT2D eigenvalue weighted by Crippen LogP contribution is 2.48. The van der Waals surface area contributed by atoms with Crippen molar-refractivity contribution in [2.24, 2.45) is 0 Å². The normalized spacial score (nSPS) is 13.4. The molecular weight excluding hydrogens is 580 g/mol. The largest absolute Gasteiger partial charge is 0.573 e. The number of rotatable bonds is 3. The molecule has 7 aromatic carbocycles. The van der Waals surface area contributed by atoms with E-state index in [1.54, 1.807) is 12.1 Å². The van der Waals surface area contributed by atoms with Crippen LogP contribution in [0.4, 0.5) is 47.3 Å². The number of anilines is 6. The first-order valence-electron chi connectivity index (χ1n) is 15.1. The molecule has 220 valence electrons. The Hall–Kier alpha value is -5.69. The SMILES string of the molecule is FC(F)(F)Oc1cc2c3c(c1)N(c1ccccc1)c1c(ccc4ccccc14)B3c1ccc3ccccc3c1N2c1ccccc1. The standard InChI is InChI=1S/C39H24BF3N2O/c41-39(42,43)46-29-23-34-36-35(24-29)45(28-15-5-2-6-16-28)38-31-18-10-8-12-26(31)20-22-33(38)40(36)32-21-19-25-11-7-9-17-30(25)37(32)44(34)27-13-3-1-4-14-27/h1-24H. The number of hydrogen-bond donors (Lipinski definition) is 0. The van der Waals surface area contributed by atoms with Gasteiger partial charge in [0.1, 0.15) is 5.75 Å². The van der Waals surface area contributed by atoms with Crippen LogP contribution < -0.4 is 30.9 Å². The molecule has 0 unspecified atom stereocenters. The molecule has 0 atom stereocenters. The average Bonchev–Trinajstić information content (AvgIpc) is 3.08. The van der Waals surface area contributed by atoms with Crippen molar-refractivity contribution in [2.75, 3.05) is 9.80 Å². The van der Waals surface area contributed by atoms with E-state index in [1.807, 2.05) is 84.9 Å². The molecule has 46 heavy (non-hydrogen) atoms. The zero-order valence-electron chi connectivity index (χ0n) is 24.4. The topological polar surface area (TPSA) is 15.7 Å². The quantitative estimate of drug-likeness (QED) is 0.187. The molecule has 7 heteroatoms. The summed E-state index contributed by atoms with van der Waals surface area (Å²) in [6.45, 7) is -0.246. The zero-order valence-corrected chi connectivity index (χ0v) is 24.4. The van der Waals surface area contributed by atoms with Gasteiger partial charge in [-0.05, 0) is 51.4 Å². The van der Waals surface area contributed by atoms with E-state index >= 15 is 0 Å². The maximum absolute atomic E-state index is 14.0. The third-order valence-corrected chi connectivity index (χ3v) is 9.08. The predicted octanol–water partition coefficient (Wildman–Crippen LogP) is 8.97. The summed E-state index contributed by atoms with van der Waals surface area (Å²) in [5.41, 5.74) is 7.99. The van der Waals surface area contributed by atoms with Gasteiger partial charge in [-0.2, -0.15) is 0 Å². The molecule has 0 saturated carbocycles. The van der Waals surface area contributed by atoms with Crippen molar-refractivity contribution >= 4 is 78.8 Å². The van der Waals surface area contributed by atoms with Crippen molar-refractivity contribution in [1.82, 2.24) is 0 Å². The van der Waals surface area contributed by atoms with Gasteiger partial charge in [-0.3, -0.25) is 0 Å². The number of halogens is 3. The van der Waals surface area contributed by atoms with Gasteiger partial charge >= 0.3 is 6.36 Å². The lowest BCUT2D eigenvalue weighted by Crippen LogP contribution is -2.61. The van der Waals surface area contributed by atoms with Crippen LogP contribution in [0.5, 0.6) is 5.75 Å². The van der Waals surface area contributed by atoms with E-state index in [0.29, 0.717) is 11.4 Å². The highest BCUT2D eigenvalue weighted by Gasteiger charge is 2.45. The predicted molar refractivity (Wildman–Crippen MR) is 182 cm³/mol. The molecule has 7 aromatic rings. The summed E-state index contributed by atoms with van der Waals surface area (Å²) in [5, 5.41) is 4.14. The summed E-state index contributed by atoms with van der Waals surface area (Å²) in [6, 6.07) is 47.8. The fourth-order valence-corrected chi connectivity index (χ4v) is 7.38. The average molecular weight is 604 g/mol. The Bertz CT molecular complexity index is 2160. The van der Waals surface area contributed by atoms with Crippen molar-refractivity contribution in [1.29, 1.82) is 0 Å². The van der Waals surface area contributed by atoms with E-state index in [9.17, 15) is 13.2 Å². The van der Waals surface area contributed by atoms with Crippen LogP contribution in [0.2, 0.25) is 0 Å². The third-order valence-electron chi connectivity index (χ3n) is 9.08. The van der Waals surface area contributed by atoms with Crippen LogP contribution in [-0.2, 0) is 0 Å². The molecule has 0 spiro atoms. The summed E-state index contributed by atoms with van der Waals surface area (Å²) in [5.74, 6) is -0.269. The Balaban J connectivity index is 1.47. The molecule has 0 bridgehead atoms. The van der Waals surface area contributed by atoms with Crippen LogP contribution in [0.3, 0.4) is 0 Å². The fourth-order valence-electron chi connectivity index (χ4n) is 7.38. The number of benzene rings is 7. The molecule has 3 nitrogen and oxygen atoms in total. The van der Waals surface area contributed by atoms with E-state index in [0.717, 1.165) is 60.7 Å². The van der Waals surface area contributed by atoms with Crippen molar-refractivity contribution < 1.29 is 17.9 Å².